The van der Waals surface area contributed by atoms with Gasteiger partial charge < -0.3 is 9.84 Å². The minimum atomic E-state index is -0.0948. The monoisotopic (exact) mass is 400 g/mol. The molecule has 0 spiro atoms. The minimum absolute atomic E-state index is 0.0948. The predicted octanol–water partition coefficient (Wildman–Crippen LogP) is 6.38. The molecule has 5 rings (SSSR count). The molecule has 1 N–H and O–H groups in total. The summed E-state index contributed by atoms with van der Waals surface area (Å²) < 4.78 is 6.78. The zero-order valence-corrected chi connectivity index (χ0v) is 19.5. The number of hydrogen-bond donors (Lipinski definition) is 1. The molecule has 4 aliphatic carbocycles. The number of rotatable bonds is 3. The summed E-state index contributed by atoms with van der Waals surface area (Å²) in [6, 6.07) is 0. The summed E-state index contributed by atoms with van der Waals surface area (Å²) >= 11 is 0. The Morgan fingerprint density at radius 1 is 1.17 bits per heavy atom. The number of allylic oxidation sites excluding steroid dienone is 1. The predicted molar refractivity (Wildman–Crippen MR) is 118 cm³/mol. The van der Waals surface area contributed by atoms with Crippen molar-refractivity contribution in [2.45, 2.75) is 111 Å². The Labute approximate surface area is 178 Å². The van der Waals surface area contributed by atoms with E-state index in [1.807, 2.05) is 0 Å². The number of hydrogen-bond acceptors (Lipinski definition) is 2. The van der Waals surface area contributed by atoms with Crippen LogP contribution >= 0.6 is 0 Å². The number of aliphatic hydroxyl groups is 1. The first kappa shape index (κ1) is 20.6. The molecule has 1 unspecified atom stereocenters. The second-order valence-electron chi connectivity index (χ2n) is 12.5. The van der Waals surface area contributed by atoms with Crippen molar-refractivity contribution in [3.63, 3.8) is 0 Å². The Bertz CT molecular complexity index is 667. The lowest BCUT2D eigenvalue weighted by molar-refractivity contribution is -0.0589. The highest BCUT2D eigenvalue weighted by Crippen LogP contribution is 2.69. The van der Waals surface area contributed by atoms with Crippen LogP contribution in [-0.2, 0) is 4.74 Å². The van der Waals surface area contributed by atoms with Crippen LogP contribution in [0.15, 0.2) is 11.6 Å². The van der Waals surface area contributed by atoms with Gasteiger partial charge >= 0.3 is 0 Å². The van der Waals surface area contributed by atoms with E-state index < -0.39 is 0 Å². The van der Waals surface area contributed by atoms with E-state index in [0.717, 1.165) is 48.3 Å². The molecule has 164 valence electrons. The fourth-order valence-corrected chi connectivity index (χ4v) is 9.16. The minimum Gasteiger partial charge on any atom is -0.393 e. The van der Waals surface area contributed by atoms with E-state index in [1.54, 1.807) is 5.57 Å². The summed E-state index contributed by atoms with van der Waals surface area (Å²) in [6.07, 6.45) is 14.5. The molecule has 29 heavy (non-hydrogen) atoms. The van der Waals surface area contributed by atoms with Crippen molar-refractivity contribution in [2.75, 3.05) is 0 Å². The van der Waals surface area contributed by atoms with Gasteiger partial charge in [-0.25, -0.2) is 0 Å². The fraction of sp³-hybridized carbons (Fsp3) is 0.926. The quantitative estimate of drug-likeness (QED) is 0.557. The van der Waals surface area contributed by atoms with Crippen LogP contribution in [0, 0.1) is 46.3 Å². The Morgan fingerprint density at radius 2 is 1.97 bits per heavy atom. The topological polar surface area (TPSA) is 29.5 Å². The zero-order chi connectivity index (χ0) is 20.6. The molecule has 1 heterocycles. The maximum atomic E-state index is 10.2. The Hall–Kier alpha value is -0.340. The zero-order valence-electron chi connectivity index (χ0n) is 19.5. The van der Waals surface area contributed by atoms with Gasteiger partial charge in [-0.05, 0) is 104 Å². The summed E-state index contributed by atoms with van der Waals surface area (Å²) in [5.41, 5.74) is 2.43. The molecule has 2 heteroatoms. The average Bonchev–Trinajstić information content (AvgIpc) is 3.14. The van der Waals surface area contributed by atoms with Gasteiger partial charge in [-0.15, -0.1) is 0 Å². The molecular weight excluding hydrogens is 356 g/mol. The third-order valence-electron chi connectivity index (χ3n) is 10.7. The Morgan fingerprint density at radius 3 is 2.72 bits per heavy atom. The van der Waals surface area contributed by atoms with Crippen LogP contribution in [0.3, 0.4) is 0 Å². The third-order valence-corrected chi connectivity index (χ3v) is 10.7. The van der Waals surface area contributed by atoms with Crippen molar-refractivity contribution in [2.24, 2.45) is 46.3 Å². The van der Waals surface area contributed by atoms with Gasteiger partial charge in [-0.3, -0.25) is 0 Å². The molecule has 0 amide bonds. The second-order valence-corrected chi connectivity index (χ2v) is 12.5. The molecule has 0 bridgehead atoms. The number of fused-ring (bicyclic) bond motifs is 7. The number of ether oxygens (including phenoxy) is 1. The molecule has 0 aromatic rings. The highest BCUT2D eigenvalue weighted by molar-refractivity contribution is 5.26. The van der Waals surface area contributed by atoms with E-state index in [-0.39, 0.29) is 6.10 Å². The maximum Gasteiger partial charge on any atom is 0.0618 e. The van der Waals surface area contributed by atoms with Gasteiger partial charge in [0.15, 0.2) is 0 Å². The second kappa shape index (κ2) is 7.09. The van der Waals surface area contributed by atoms with Crippen LogP contribution in [0.25, 0.3) is 0 Å². The third kappa shape index (κ3) is 3.02. The lowest BCUT2D eigenvalue weighted by atomic mass is 9.47. The van der Waals surface area contributed by atoms with Gasteiger partial charge in [0.05, 0.1) is 18.3 Å². The lowest BCUT2D eigenvalue weighted by Crippen LogP contribution is -2.51. The van der Waals surface area contributed by atoms with Crippen LogP contribution in [0.2, 0.25) is 0 Å². The van der Waals surface area contributed by atoms with E-state index in [0.29, 0.717) is 23.0 Å². The summed E-state index contributed by atoms with van der Waals surface area (Å²) in [5.74, 6) is 4.79. The first-order valence-corrected chi connectivity index (χ1v) is 12.8. The first-order chi connectivity index (χ1) is 13.7. The van der Waals surface area contributed by atoms with Crippen molar-refractivity contribution in [3.05, 3.63) is 11.6 Å². The Balaban J connectivity index is 1.37. The van der Waals surface area contributed by atoms with Gasteiger partial charge in [-0.1, -0.05) is 46.3 Å². The van der Waals surface area contributed by atoms with Gasteiger partial charge in [0, 0.05) is 0 Å². The molecule has 4 fully saturated rings. The summed E-state index contributed by atoms with van der Waals surface area (Å²) in [5, 5.41) is 10.2. The van der Waals surface area contributed by atoms with Crippen molar-refractivity contribution in [1.29, 1.82) is 0 Å². The van der Waals surface area contributed by atoms with E-state index >= 15 is 0 Å². The van der Waals surface area contributed by atoms with Crippen molar-refractivity contribution in [1.82, 2.24) is 0 Å². The molecule has 3 saturated carbocycles. The fourth-order valence-electron chi connectivity index (χ4n) is 9.16. The molecule has 2 nitrogen and oxygen atoms in total. The lowest BCUT2D eigenvalue weighted by Gasteiger charge is -2.58. The molecule has 0 aromatic heterocycles. The molecule has 5 aliphatic rings. The normalized spacial score (nSPS) is 53.8. The molecule has 0 aromatic carbocycles. The molecular formula is C27H44O2. The highest BCUT2D eigenvalue weighted by Gasteiger charge is 2.64. The molecule has 1 saturated heterocycles. The van der Waals surface area contributed by atoms with Crippen LogP contribution in [0.1, 0.15) is 92.4 Å². The first-order valence-electron chi connectivity index (χ1n) is 12.8. The average molecular weight is 401 g/mol. The molecule has 1 aliphatic heterocycles. The van der Waals surface area contributed by atoms with E-state index in [1.165, 1.54) is 44.9 Å². The van der Waals surface area contributed by atoms with Gasteiger partial charge in [0.25, 0.3) is 0 Å². The smallest absolute Gasteiger partial charge is 0.0618 e. The van der Waals surface area contributed by atoms with E-state index in [4.69, 9.17) is 4.74 Å². The summed E-state index contributed by atoms with van der Waals surface area (Å²) in [4.78, 5) is 0. The van der Waals surface area contributed by atoms with E-state index in [2.05, 4.69) is 40.7 Å². The van der Waals surface area contributed by atoms with Crippen LogP contribution < -0.4 is 0 Å². The van der Waals surface area contributed by atoms with Crippen LogP contribution in [0.5, 0.6) is 0 Å². The molecule has 10 atom stereocenters. The molecule has 0 radical (unpaired) electrons. The van der Waals surface area contributed by atoms with Crippen molar-refractivity contribution >= 4 is 0 Å². The van der Waals surface area contributed by atoms with Gasteiger partial charge in [-0.2, -0.15) is 0 Å². The number of aliphatic hydroxyl groups excluding tert-OH is 1. The van der Waals surface area contributed by atoms with E-state index in [9.17, 15) is 5.11 Å². The van der Waals surface area contributed by atoms with Crippen LogP contribution in [-0.4, -0.2) is 23.4 Å². The van der Waals surface area contributed by atoms with Gasteiger partial charge in [0.1, 0.15) is 0 Å². The maximum absolute atomic E-state index is 10.2. The van der Waals surface area contributed by atoms with Crippen molar-refractivity contribution in [3.8, 4) is 0 Å². The standard InChI is InChI=1S/C27H44O2/c1-16(2)6-9-23-17(3)25-24(29-23)15-22-20-8-7-18-14-19(28)10-12-26(18,4)21(20)11-13-27(22,25)5/h7,16-17,19-25,28H,6,8-15H2,1-5H3/t17-,19?,20-,21+,22+,23-,24+,25+,26+,27+/m1/s1. The Kier molecular flexibility index (Phi) is 5.03. The summed E-state index contributed by atoms with van der Waals surface area (Å²) in [7, 11) is 0. The SMILES string of the molecule is CC(C)CC[C@H]1O[C@H]2C[C@H]3[C@@H]4CC=C5CC(O)CC[C@]5(C)[C@H]4CC[C@]3(C)[C@H]2[C@@H]1C. The van der Waals surface area contributed by atoms with Crippen molar-refractivity contribution < 1.29 is 9.84 Å². The summed E-state index contributed by atoms with van der Waals surface area (Å²) in [6.45, 7) is 12.4. The van der Waals surface area contributed by atoms with Crippen LogP contribution in [0.4, 0.5) is 0 Å². The largest absolute Gasteiger partial charge is 0.393 e. The van der Waals surface area contributed by atoms with Gasteiger partial charge in [0.2, 0.25) is 0 Å². The highest BCUT2D eigenvalue weighted by atomic mass is 16.5.